The fourth-order valence-electron chi connectivity index (χ4n) is 3.89. The predicted molar refractivity (Wildman–Crippen MR) is 106 cm³/mol. The fraction of sp³-hybridized carbons (Fsp3) is 0.550. The normalized spacial score (nSPS) is 22.1. The maximum absolute atomic E-state index is 12.9. The van der Waals surface area contributed by atoms with Gasteiger partial charge in [0.15, 0.2) is 5.78 Å². The molecule has 152 valence electrons. The molecule has 8 heteroatoms. The Balaban J connectivity index is 1.74. The molecular weight excluding hydrogens is 428 g/mol. The van der Waals surface area contributed by atoms with Crippen LogP contribution in [0.2, 0.25) is 0 Å². The predicted octanol–water partition coefficient (Wildman–Crippen LogP) is 2.31. The van der Waals surface area contributed by atoms with Crippen molar-refractivity contribution in [1.82, 2.24) is 10.6 Å². The van der Waals surface area contributed by atoms with Crippen molar-refractivity contribution in [3.8, 4) is 5.75 Å². The first-order chi connectivity index (χ1) is 13.3. The molecule has 1 aromatic carbocycles. The number of hydrogen-bond donors (Lipinski definition) is 3. The Labute approximate surface area is 172 Å². The summed E-state index contributed by atoms with van der Waals surface area (Å²) >= 11 is 3.19. The monoisotopic (exact) mass is 452 g/mol. The van der Waals surface area contributed by atoms with Crippen LogP contribution in [0.15, 0.2) is 22.7 Å². The quantitative estimate of drug-likeness (QED) is 0.613. The van der Waals surface area contributed by atoms with E-state index in [1.807, 2.05) is 0 Å². The van der Waals surface area contributed by atoms with Gasteiger partial charge in [-0.2, -0.15) is 0 Å². The molecule has 0 bridgehead atoms. The molecule has 7 nitrogen and oxygen atoms in total. The van der Waals surface area contributed by atoms with Crippen LogP contribution in [-0.4, -0.2) is 48.0 Å². The highest BCUT2D eigenvalue weighted by molar-refractivity contribution is 9.10. The average molecular weight is 453 g/mol. The third-order valence-electron chi connectivity index (χ3n) is 5.57. The molecule has 2 fully saturated rings. The zero-order valence-electron chi connectivity index (χ0n) is 15.8. The van der Waals surface area contributed by atoms with Crippen molar-refractivity contribution in [1.29, 1.82) is 0 Å². The molecule has 2 amide bonds. The summed E-state index contributed by atoms with van der Waals surface area (Å²) in [5, 5.41) is 15.2. The molecule has 1 saturated carbocycles. The van der Waals surface area contributed by atoms with Crippen LogP contribution in [0.3, 0.4) is 0 Å². The number of aromatic hydroxyl groups is 1. The number of rotatable bonds is 6. The third-order valence-corrected chi connectivity index (χ3v) is 6.21. The van der Waals surface area contributed by atoms with Crippen molar-refractivity contribution in [2.75, 3.05) is 13.2 Å². The molecular formula is C20H25BrN2O5. The number of Topliss-reactive ketones (excluding diaryl/α,β-unsaturated/α-hetero) is 1. The third kappa shape index (κ3) is 4.91. The first kappa shape index (κ1) is 20.8. The first-order valence-corrected chi connectivity index (χ1v) is 10.3. The van der Waals surface area contributed by atoms with E-state index < -0.39 is 18.0 Å². The molecule has 1 saturated heterocycles. The van der Waals surface area contributed by atoms with Crippen LogP contribution in [0.25, 0.3) is 0 Å². The van der Waals surface area contributed by atoms with E-state index in [4.69, 9.17) is 4.74 Å². The van der Waals surface area contributed by atoms with Crippen molar-refractivity contribution in [2.45, 2.75) is 51.1 Å². The van der Waals surface area contributed by atoms with E-state index in [1.54, 1.807) is 0 Å². The maximum Gasteiger partial charge on any atom is 0.251 e. The van der Waals surface area contributed by atoms with Gasteiger partial charge in [-0.15, -0.1) is 0 Å². The van der Waals surface area contributed by atoms with Gasteiger partial charge in [0.05, 0.1) is 11.1 Å². The number of amides is 2. The highest BCUT2D eigenvalue weighted by atomic mass is 79.9. The Bertz CT molecular complexity index is 776. The van der Waals surface area contributed by atoms with Crippen LogP contribution >= 0.6 is 15.9 Å². The standard InChI is InChI=1S/C20H25BrN2O5/c1-20(6-2-3-7-20)9-14(19(27)23-15-10-28-11-17(15)25)22-18(26)12-4-5-16(24)13(21)8-12/h4-5,8,14-15,24H,2-3,6-7,9-11H2,1H3,(H,22,26)(H,23,27)/t14?,15-/m0/s1. The average Bonchev–Trinajstić information content (AvgIpc) is 3.25. The van der Waals surface area contributed by atoms with Crippen molar-refractivity contribution in [2.24, 2.45) is 5.41 Å². The molecule has 0 aromatic heterocycles. The lowest BCUT2D eigenvalue weighted by Gasteiger charge is -2.29. The molecule has 2 atom stereocenters. The van der Waals surface area contributed by atoms with Crippen molar-refractivity contribution in [3.05, 3.63) is 28.2 Å². The largest absolute Gasteiger partial charge is 0.507 e. The van der Waals surface area contributed by atoms with Crippen molar-refractivity contribution in [3.63, 3.8) is 0 Å². The van der Waals surface area contributed by atoms with Crippen LogP contribution in [0.4, 0.5) is 0 Å². The molecule has 0 radical (unpaired) electrons. The van der Waals surface area contributed by atoms with Gasteiger partial charge >= 0.3 is 0 Å². The summed E-state index contributed by atoms with van der Waals surface area (Å²) in [6.07, 6.45) is 4.73. The molecule has 1 heterocycles. The second-order valence-electron chi connectivity index (χ2n) is 7.96. The molecule has 1 aliphatic heterocycles. The molecule has 1 aromatic rings. The second-order valence-corrected chi connectivity index (χ2v) is 8.81. The number of ketones is 1. The number of nitrogens with one attached hydrogen (secondary N) is 2. The topological polar surface area (TPSA) is 105 Å². The molecule has 3 rings (SSSR count). The Morgan fingerprint density at radius 3 is 2.68 bits per heavy atom. The number of phenolic OH excluding ortho intramolecular Hbond substituents is 1. The lowest BCUT2D eigenvalue weighted by molar-refractivity contribution is -0.127. The van der Waals surface area contributed by atoms with E-state index >= 15 is 0 Å². The number of carbonyl (C=O) groups excluding carboxylic acids is 3. The number of halogens is 1. The summed E-state index contributed by atoms with van der Waals surface area (Å²) in [4.78, 5) is 37.4. The number of phenols is 1. The van der Waals surface area contributed by atoms with Crippen LogP contribution < -0.4 is 10.6 Å². The first-order valence-electron chi connectivity index (χ1n) is 9.48. The summed E-state index contributed by atoms with van der Waals surface area (Å²) < 4.78 is 5.50. The maximum atomic E-state index is 12.9. The highest BCUT2D eigenvalue weighted by Gasteiger charge is 2.37. The zero-order chi connectivity index (χ0) is 20.3. The Morgan fingerprint density at radius 1 is 1.36 bits per heavy atom. The van der Waals surface area contributed by atoms with Gasteiger partial charge in [-0.1, -0.05) is 19.8 Å². The minimum absolute atomic E-state index is 0.00121. The minimum Gasteiger partial charge on any atom is -0.507 e. The van der Waals surface area contributed by atoms with Crippen LogP contribution in [-0.2, 0) is 14.3 Å². The molecule has 3 N–H and O–H groups in total. The summed E-state index contributed by atoms with van der Waals surface area (Å²) in [7, 11) is 0. The van der Waals surface area contributed by atoms with E-state index in [2.05, 4.69) is 33.5 Å². The summed E-state index contributed by atoms with van der Waals surface area (Å²) in [5.41, 5.74) is 0.306. The Morgan fingerprint density at radius 2 is 2.07 bits per heavy atom. The van der Waals surface area contributed by atoms with Crippen LogP contribution in [0.1, 0.15) is 49.4 Å². The van der Waals surface area contributed by atoms with E-state index in [9.17, 15) is 19.5 Å². The Kier molecular flexibility index (Phi) is 6.40. The van der Waals surface area contributed by atoms with Gasteiger partial charge in [-0.05, 0) is 58.8 Å². The van der Waals surface area contributed by atoms with Crippen molar-refractivity contribution < 1.29 is 24.2 Å². The van der Waals surface area contributed by atoms with E-state index in [1.165, 1.54) is 18.2 Å². The Hall–Kier alpha value is -1.93. The SMILES string of the molecule is CC1(CC(NC(=O)c2ccc(O)c(Br)c2)C(=O)N[C@H]2COCC2=O)CCCC1. The van der Waals surface area contributed by atoms with Gasteiger partial charge in [-0.25, -0.2) is 0 Å². The van der Waals surface area contributed by atoms with Gasteiger partial charge in [0, 0.05) is 5.56 Å². The zero-order valence-corrected chi connectivity index (χ0v) is 17.4. The van der Waals surface area contributed by atoms with Gasteiger partial charge in [0.2, 0.25) is 5.91 Å². The van der Waals surface area contributed by atoms with Crippen LogP contribution in [0.5, 0.6) is 5.75 Å². The van der Waals surface area contributed by atoms with Crippen molar-refractivity contribution >= 4 is 33.5 Å². The summed E-state index contributed by atoms with van der Waals surface area (Å²) in [5.74, 6) is -0.906. The number of carbonyl (C=O) groups is 3. The highest BCUT2D eigenvalue weighted by Crippen LogP contribution is 2.41. The van der Waals surface area contributed by atoms with E-state index in [-0.39, 0.29) is 36.1 Å². The lowest BCUT2D eigenvalue weighted by atomic mass is 9.81. The summed E-state index contributed by atoms with van der Waals surface area (Å²) in [6.45, 7) is 2.29. The molecule has 1 aliphatic carbocycles. The number of hydrogen-bond acceptors (Lipinski definition) is 5. The molecule has 1 unspecified atom stereocenters. The van der Waals surface area contributed by atoms with E-state index in [0.717, 1.165) is 25.7 Å². The number of benzene rings is 1. The van der Waals surface area contributed by atoms with Gasteiger partial charge in [0.1, 0.15) is 24.4 Å². The smallest absolute Gasteiger partial charge is 0.251 e. The van der Waals surface area contributed by atoms with Gasteiger partial charge in [0.25, 0.3) is 5.91 Å². The molecule has 28 heavy (non-hydrogen) atoms. The second kappa shape index (κ2) is 8.61. The molecule has 0 spiro atoms. The lowest BCUT2D eigenvalue weighted by Crippen LogP contribution is -2.52. The number of ether oxygens (including phenoxy) is 1. The summed E-state index contributed by atoms with van der Waals surface area (Å²) in [6, 6.07) is 3.00. The van der Waals surface area contributed by atoms with Crippen LogP contribution in [0, 0.1) is 5.41 Å². The fourth-order valence-corrected chi connectivity index (χ4v) is 4.27. The minimum atomic E-state index is -0.753. The van der Waals surface area contributed by atoms with E-state index in [0.29, 0.717) is 16.5 Å². The van der Waals surface area contributed by atoms with Gasteiger partial charge < -0.3 is 20.5 Å². The van der Waals surface area contributed by atoms with Gasteiger partial charge in [-0.3, -0.25) is 14.4 Å². The molecule has 2 aliphatic rings.